The molecule has 1 N–H and O–H groups in total. The standard InChI is InChI=1S/C19H28N2O4S/c1-3-26(23,24)21-11-5-7-15(13-21)19(22)20-18-8-4-6-14-12-16(25-2)9-10-17(14)18/h9-10,12,15,18H,3-8,11,13H2,1-2H3,(H,20,22)/t15-,18+/m1/s1. The van der Waals surface area contributed by atoms with E-state index in [4.69, 9.17) is 4.74 Å². The second kappa shape index (κ2) is 7.96. The summed E-state index contributed by atoms with van der Waals surface area (Å²) in [5.41, 5.74) is 2.37. The van der Waals surface area contributed by atoms with E-state index in [0.29, 0.717) is 13.1 Å². The molecular formula is C19H28N2O4S. The molecule has 6 nitrogen and oxygen atoms in total. The molecule has 3 rings (SSSR count). The molecule has 0 saturated carbocycles. The lowest BCUT2D eigenvalue weighted by Gasteiger charge is -2.33. The number of fused-ring (bicyclic) bond motifs is 1. The first-order valence-electron chi connectivity index (χ1n) is 9.39. The van der Waals surface area contributed by atoms with Gasteiger partial charge in [0.2, 0.25) is 15.9 Å². The molecule has 26 heavy (non-hydrogen) atoms. The van der Waals surface area contributed by atoms with Crippen LogP contribution in [0.5, 0.6) is 5.75 Å². The number of sulfonamides is 1. The van der Waals surface area contributed by atoms with Crippen molar-refractivity contribution in [3.8, 4) is 5.75 Å². The molecule has 0 aromatic heterocycles. The number of amides is 1. The van der Waals surface area contributed by atoms with Crippen LogP contribution < -0.4 is 10.1 Å². The number of aryl methyl sites for hydroxylation is 1. The highest BCUT2D eigenvalue weighted by atomic mass is 32.2. The van der Waals surface area contributed by atoms with Gasteiger partial charge in [0.25, 0.3) is 0 Å². The molecule has 1 saturated heterocycles. The van der Waals surface area contributed by atoms with E-state index in [1.54, 1.807) is 14.0 Å². The Balaban J connectivity index is 1.69. The van der Waals surface area contributed by atoms with Crippen LogP contribution in [0.3, 0.4) is 0 Å². The van der Waals surface area contributed by atoms with Gasteiger partial charge >= 0.3 is 0 Å². The van der Waals surface area contributed by atoms with Gasteiger partial charge in [-0.1, -0.05) is 6.07 Å². The van der Waals surface area contributed by atoms with Crippen molar-refractivity contribution in [2.24, 2.45) is 5.92 Å². The summed E-state index contributed by atoms with van der Waals surface area (Å²) in [7, 11) is -1.58. The highest BCUT2D eigenvalue weighted by Crippen LogP contribution is 2.32. The van der Waals surface area contributed by atoms with Gasteiger partial charge in [-0.05, 0) is 62.3 Å². The Labute approximate surface area is 156 Å². The largest absolute Gasteiger partial charge is 0.497 e. The number of nitrogens with one attached hydrogen (secondary N) is 1. The molecule has 0 radical (unpaired) electrons. The minimum absolute atomic E-state index is 0.00434. The van der Waals surface area contributed by atoms with E-state index in [0.717, 1.165) is 43.4 Å². The number of piperidine rings is 1. The highest BCUT2D eigenvalue weighted by molar-refractivity contribution is 7.89. The third-order valence-electron chi connectivity index (χ3n) is 5.49. The lowest BCUT2D eigenvalue weighted by molar-refractivity contribution is -0.127. The normalized spacial score (nSPS) is 23.9. The summed E-state index contributed by atoms with van der Waals surface area (Å²) in [6.07, 6.45) is 4.39. The fourth-order valence-electron chi connectivity index (χ4n) is 3.95. The Hall–Kier alpha value is -1.60. The van der Waals surface area contributed by atoms with E-state index in [9.17, 15) is 13.2 Å². The molecule has 144 valence electrons. The van der Waals surface area contributed by atoms with Gasteiger partial charge in [-0.2, -0.15) is 0 Å². The topological polar surface area (TPSA) is 75.7 Å². The number of methoxy groups -OCH3 is 1. The van der Waals surface area contributed by atoms with Crippen LogP contribution in [0.15, 0.2) is 18.2 Å². The van der Waals surface area contributed by atoms with Crippen molar-refractivity contribution in [1.82, 2.24) is 9.62 Å². The minimum atomic E-state index is -3.24. The smallest absolute Gasteiger partial charge is 0.224 e. The van der Waals surface area contributed by atoms with Crippen LogP contribution in [0, 0.1) is 5.92 Å². The molecule has 0 spiro atoms. The fourth-order valence-corrected chi connectivity index (χ4v) is 5.13. The molecule has 1 aliphatic carbocycles. The number of ether oxygens (including phenoxy) is 1. The van der Waals surface area contributed by atoms with E-state index in [1.165, 1.54) is 9.87 Å². The van der Waals surface area contributed by atoms with Crippen molar-refractivity contribution in [1.29, 1.82) is 0 Å². The number of carbonyl (C=O) groups excluding carboxylic acids is 1. The van der Waals surface area contributed by atoms with E-state index < -0.39 is 10.0 Å². The molecule has 1 heterocycles. The molecule has 1 aromatic carbocycles. The second-order valence-corrected chi connectivity index (χ2v) is 9.37. The molecule has 2 atom stereocenters. The van der Waals surface area contributed by atoms with Crippen molar-refractivity contribution in [3.05, 3.63) is 29.3 Å². The van der Waals surface area contributed by atoms with Crippen molar-refractivity contribution < 1.29 is 17.9 Å². The Morgan fingerprint density at radius 1 is 1.31 bits per heavy atom. The van der Waals surface area contributed by atoms with Crippen LogP contribution in [0.4, 0.5) is 0 Å². The summed E-state index contributed by atoms with van der Waals surface area (Å²) >= 11 is 0. The first kappa shape index (κ1) is 19.2. The number of nitrogens with zero attached hydrogens (tertiary/aromatic N) is 1. The van der Waals surface area contributed by atoms with Crippen LogP contribution in [0.2, 0.25) is 0 Å². The minimum Gasteiger partial charge on any atom is -0.497 e. The third-order valence-corrected chi connectivity index (χ3v) is 7.34. The van der Waals surface area contributed by atoms with Crippen molar-refractivity contribution in [2.75, 3.05) is 26.0 Å². The van der Waals surface area contributed by atoms with Gasteiger partial charge in [0.1, 0.15) is 5.75 Å². The summed E-state index contributed by atoms with van der Waals surface area (Å²) in [6, 6.07) is 6.01. The van der Waals surface area contributed by atoms with Crippen LogP contribution in [0.25, 0.3) is 0 Å². The average molecular weight is 381 g/mol. The van der Waals surface area contributed by atoms with E-state index >= 15 is 0 Å². The quantitative estimate of drug-likeness (QED) is 0.850. The zero-order chi connectivity index (χ0) is 18.7. The van der Waals surface area contributed by atoms with Crippen molar-refractivity contribution in [2.45, 2.75) is 45.1 Å². The zero-order valence-electron chi connectivity index (χ0n) is 15.5. The number of hydrogen-bond donors (Lipinski definition) is 1. The Morgan fingerprint density at radius 2 is 2.12 bits per heavy atom. The highest BCUT2D eigenvalue weighted by Gasteiger charge is 2.33. The zero-order valence-corrected chi connectivity index (χ0v) is 16.3. The molecule has 0 bridgehead atoms. The van der Waals surface area contributed by atoms with Gasteiger partial charge in [-0.15, -0.1) is 0 Å². The molecule has 1 aromatic rings. The molecule has 2 aliphatic rings. The van der Waals surface area contributed by atoms with Crippen LogP contribution in [-0.4, -0.2) is 44.6 Å². The fraction of sp³-hybridized carbons (Fsp3) is 0.632. The van der Waals surface area contributed by atoms with Gasteiger partial charge in [-0.25, -0.2) is 12.7 Å². The molecule has 1 aliphatic heterocycles. The third kappa shape index (κ3) is 4.04. The first-order chi connectivity index (χ1) is 12.4. The number of benzene rings is 1. The number of carbonyl (C=O) groups is 1. The maximum absolute atomic E-state index is 12.8. The Bertz CT molecular complexity index is 763. The van der Waals surface area contributed by atoms with E-state index in [2.05, 4.69) is 5.32 Å². The predicted molar refractivity (Wildman–Crippen MR) is 101 cm³/mol. The maximum Gasteiger partial charge on any atom is 0.224 e. The molecule has 7 heteroatoms. The number of hydrogen-bond acceptors (Lipinski definition) is 4. The van der Waals surface area contributed by atoms with Crippen LogP contribution >= 0.6 is 0 Å². The molecule has 1 amide bonds. The Kier molecular flexibility index (Phi) is 5.87. The summed E-state index contributed by atoms with van der Waals surface area (Å²) in [5, 5.41) is 3.17. The molecule has 0 unspecified atom stereocenters. The molecular weight excluding hydrogens is 352 g/mol. The van der Waals surface area contributed by atoms with Gasteiger partial charge in [0, 0.05) is 13.1 Å². The maximum atomic E-state index is 12.8. The van der Waals surface area contributed by atoms with Gasteiger partial charge < -0.3 is 10.1 Å². The van der Waals surface area contributed by atoms with E-state index in [-0.39, 0.29) is 23.6 Å². The Morgan fingerprint density at radius 3 is 2.85 bits per heavy atom. The van der Waals surface area contributed by atoms with E-state index in [1.807, 2.05) is 18.2 Å². The van der Waals surface area contributed by atoms with Crippen LogP contribution in [-0.2, 0) is 21.2 Å². The summed E-state index contributed by atoms with van der Waals surface area (Å²) in [6.45, 7) is 2.46. The summed E-state index contributed by atoms with van der Waals surface area (Å²) < 4.78 is 31.0. The summed E-state index contributed by atoms with van der Waals surface area (Å²) in [5.74, 6) is 0.617. The SMILES string of the molecule is CCS(=O)(=O)N1CCC[C@@H](C(=O)N[C@H]2CCCc3cc(OC)ccc32)C1. The monoisotopic (exact) mass is 380 g/mol. The number of rotatable bonds is 5. The lowest BCUT2D eigenvalue weighted by Crippen LogP contribution is -2.46. The average Bonchev–Trinajstić information content (AvgIpc) is 2.67. The van der Waals surface area contributed by atoms with Gasteiger partial charge in [-0.3, -0.25) is 4.79 Å². The van der Waals surface area contributed by atoms with Gasteiger partial charge in [0.05, 0.1) is 24.8 Å². The summed E-state index contributed by atoms with van der Waals surface area (Å²) in [4.78, 5) is 12.8. The van der Waals surface area contributed by atoms with Crippen molar-refractivity contribution in [3.63, 3.8) is 0 Å². The first-order valence-corrected chi connectivity index (χ1v) is 11.0. The van der Waals surface area contributed by atoms with Crippen LogP contribution in [0.1, 0.15) is 49.8 Å². The lowest BCUT2D eigenvalue weighted by atomic mass is 9.87. The van der Waals surface area contributed by atoms with Gasteiger partial charge in [0.15, 0.2) is 0 Å². The predicted octanol–water partition coefficient (Wildman–Crippen LogP) is 2.25. The molecule has 1 fully saturated rings. The van der Waals surface area contributed by atoms with Crippen molar-refractivity contribution >= 4 is 15.9 Å². The second-order valence-electron chi connectivity index (χ2n) is 7.12.